The van der Waals surface area contributed by atoms with Crippen molar-refractivity contribution in [2.24, 2.45) is 5.92 Å². The molecule has 0 aromatic rings. The van der Waals surface area contributed by atoms with Crippen molar-refractivity contribution in [2.45, 2.75) is 57.4 Å². The summed E-state index contributed by atoms with van der Waals surface area (Å²) in [4.78, 5) is 5.46. The Labute approximate surface area is 106 Å². The lowest BCUT2D eigenvalue weighted by molar-refractivity contribution is 0.0596. The van der Waals surface area contributed by atoms with Crippen LogP contribution >= 0.6 is 0 Å². The SMILES string of the molecule is C1CCC(CCN2CCN(C3CCC3)CC2)C1. The first-order valence-corrected chi connectivity index (χ1v) is 7.88. The van der Waals surface area contributed by atoms with Crippen molar-refractivity contribution >= 4 is 0 Å². The van der Waals surface area contributed by atoms with Crippen molar-refractivity contribution in [3.63, 3.8) is 0 Å². The minimum Gasteiger partial charge on any atom is -0.301 e. The van der Waals surface area contributed by atoms with Crippen LogP contribution in [0.3, 0.4) is 0 Å². The Bertz CT molecular complexity index is 223. The Hall–Kier alpha value is -0.0800. The average Bonchev–Trinajstić information content (AvgIpc) is 2.79. The fourth-order valence-electron chi connectivity index (χ4n) is 3.77. The van der Waals surface area contributed by atoms with Crippen LogP contribution < -0.4 is 0 Å². The predicted octanol–water partition coefficient (Wildman–Crippen LogP) is 2.74. The van der Waals surface area contributed by atoms with Gasteiger partial charge in [0.25, 0.3) is 0 Å². The van der Waals surface area contributed by atoms with Gasteiger partial charge < -0.3 is 4.90 Å². The van der Waals surface area contributed by atoms with E-state index in [0.29, 0.717) is 0 Å². The van der Waals surface area contributed by atoms with Crippen LogP contribution in [0.25, 0.3) is 0 Å². The Morgan fingerprint density at radius 1 is 0.765 bits per heavy atom. The lowest BCUT2D eigenvalue weighted by Gasteiger charge is -2.43. The molecule has 98 valence electrons. The molecule has 0 amide bonds. The third-order valence-corrected chi connectivity index (χ3v) is 5.33. The first-order chi connectivity index (χ1) is 8.42. The number of hydrogen-bond acceptors (Lipinski definition) is 2. The van der Waals surface area contributed by atoms with E-state index in [9.17, 15) is 0 Å². The smallest absolute Gasteiger partial charge is 0.0113 e. The third-order valence-electron chi connectivity index (χ3n) is 5.33. The van der Waals surface area contributed by atoms with Gasteiger partial charge in [0.15, 0.2) is 0 Å². The van der Waals surface area contributed by atoms with Crippen LogP contribution in [0.2, 0.25) is 0 Å². The normalized spacial score (nSPS) is 29.6. The van der Waals surface area contributed by atoms with E-state index in [2.05, 4.69) is 9.80 Å². The van der Waals surface area contributed by atoms with Crippen LogP contribution in [0.4, 0.5) is 0 Å². The number of hydrogen-bond donors (Lipinski definition) is 0. The van der Waals surface area contributed by atoms with Crippen LogP contribution in [0.5, 0.6) is 0 Å². The summed E-state index contributed by atoms with van der Waals surface area (Å²) in [5.74, 6) is 1.07. The van der Waals surface area contributed by atoms with E-state index in [1.165, 1.54) is 84.1 Å². The van der Waals surface area contributed by atoms with Gasteiger partial charge in [-0.05, 0) is 31.7 Å². The van der Waals surface area contributed by atoms with Gasteiger partial charge in [0.2, 0.25) is 0 Å². The second-order valence-corrected chi connectivity index (χ2v) is 6.40. The van der Waals surface area contributed by atoms with Gasteiger partial charge in [0.1, 0.15) is 0 Å². The van der Waals surface area contributed by atoms with E-state index < -0.39 is 0 Å². The van der Waals surface area contributed by atoms with Gasteiger partial charge in [0, 0.05) is 32.2 Å². The molecule has 2 aliphatic carbocycles. The fraction of sp³-hybridized carbons (Fsp3) is 1.00. The summed E-state index contributed by atoms with van der Waals surface area (Å²) >= 11 is 0. The maximum absolute atomic E-state index is 2.75. The summed E-state index contributed by atoms with van der Waals surface area (Å²) in [5.41, 5.74) is 0. The molecular formula is C15H28N2. The molecule has 2 saturated carbocycles. The highest BCUT2D eigenvalue weighted by Gasteiger charge is 2.27. The summed E-state index contributed by atoms with van der Waals surface area (Å²) < 4.78 is 0. The molecule has 0 radical (unpaired) electrons. The lowest BCUT2D eigenvalue weighted by Crippen LogP contribution is -2.52. The Morgan fingerprint density at radius 2 is 1.47 bits per heavy atom. The maximum Gasteiger partial charge on any atom is 0.0113 e. The fourth-order valence-corrected chi connectivity index (χ4v) is 3.77. The molecule has 0 unspecified atom stereocenters. The predicted molar refractivity (Wildman–Crippen MR) is 72.2 cm³/mol. The van der Waals surface area contributed by atoms with Crippen molar-refractivity contribution in [3.8, 4) is 0 Å². The number of piperazine rings is 1. The standard InChI is InChI=1S/C15H28N2/c1-2-5-14(4-1)8-9-16-10-12-17(13-11-16)15-6-3-7-15/h14-15H,1-13H2. The van der Waals surface area contributed by atoms with Crippen molar-refractivity contribution in [2.75, 3.05) is 32.7 Å². The monoisotopic (exact) mass is 236 g/mol. The number of rotatable bonds is 4. The molecule has 1 saturated heterocycles. The van der Waals surface area contributed by atoms with E-state index in [-0.39, 0.29) is 0 Å². The van der Waals surface area contributed by atoms with Gasteiger partial charge in [-0.3, -0.25) is 4.90 Å². The molecule has 0 aromatic carbocycles. The quantitative estimate of drug-likeness (QED) is 0.740. The molecule has 2 nitrogen and oxygen atoms in total. The van der Waals surface area contributed by atoms with Gasteiger partial charge in [-0.15, -0.1) is 0 Å². The molecule has 1 heterocycles. The first kappa shape index (κ1) is 12.0. The van der Waals surface area contributed by atoms with E-state index >= 15 is 0 Å². The highest BCUT2D eigenvalue weighted by molar-refractivity contribution is 4.84. The van der Waals surface area contributed by atoms with Crippen LogP contribution in [0, 0.1) is 5.92 Å². The van der Waals surface area contributed by atoms with Gasteiger partial charge in [0.05, 0.1) is 0 Å². The van der Waals surface area contributed by atoms with Crippen molar-refractivity contribution in [1.82, 2.24) is 9.80 Å². The molecule has 3 aliphatic rings. The van der Waals surface area contributed by atoms with Crippen LogP contribution in [-0.4, -0.2) is 48.6 Å². The van der Waals surface area contributed by atoms with Gasteiger partial charge in [-0.25, -0.2) is 0 Å². The molecule has 3 fully saturated rings. The summed E-state index contributed by atoms with van der Waals surface area (Å²) in [6.45, 7) is 6.74. The second kappa shape index (κ2) is 5.71. The molecule has 3 rings (SSSR count). The first-order valence-electron chi connectivity index (χ1n) is 7.88. The van der Waals surface area contributed by atoms with E-state index in [4.69, 9.17) is 0 Å². The largest absolute Gasteiger partial charge is 0.301 e. The Balaban J connectivity index is 1.33. The zero-order chi connectivity index (χ0) is 11.5. The molecular weight excluding hydrogens is 208 g/mol. The van der Waals surface area contributed by atoms with E-state index in [1.807, 2.05) is 0 Å². The Kier molecular flexibility index (Phi) is 4.02. The zero-order valence-electron chi connectivity index (χ0n) is 11.2. The summed E-state index contributed by atoms with van der Waals surface area (Å²) in [6.07, 6.45) is 11.9. The van der Waals surface area contributed by atoms with Crippen LogP contribution in [-0.2, 0) is 0 Å². The molecule has 0 aromatic heterocycles. The van der Waals surface area contributed by atoms with Gasteiger partial charge in [-0.1, -0.05) is 32.1 Å². The summed E-state index contributed by atoms with van der Waals surface area (Å²) in [6, 6.07) is 0.965. The molecule has 1 aliphatic heterocycles. The maximum atomic E-state index is 2.75. The van der Waals surface area contributed by atoms with Crippen LogP contribution in [0.1, 0.15) is 51.4 Å². The number of nitrogens with zero attached hydrogens (tertiary/aromatic N) is 2. The topological polar surface area (TPSA) is 6.48 Å². The van der Waals surface area contributed by atoms with Crippen LogP contribution in [0.15, 0.2) is 0 Å². The van der Waals surface area contributed by atoms with E-state index in [0.717, 1.165) is 12.0 Å². The Morgan fingerprint density at radius 3 is 2.06 bits per heavy atom. The lowest BCUT2D eigenvalue weighted by atomic mass is 9.91. The average molecular weight is 236 g/mol. The zero-order valence-corrected chi connectivity index (χ0v) is 11.2. The van der Waals surface area contributed by atoms with E-state index in [1.54, 1.807) is 0 Å². The molecule has 0 N–H and O–H groups in total. The van der Waals surface area contributed by atoms with Gasteiger partial charge in [-0.2, -0.15) is 0 Å². The van der Waals surface area contributed by atoms with Crippen molar-refractivity contribution < 1.29 is 0 Å². The summed E-state index contributed by atoms with van der Waals surface area (Å²) in [5, 5.41) is 0. The highest BCUT2D eigenvalue weighted by Crippen LogP contribution is 2.28. The molecule has 2 heteroatoms. The second-order valence-electron chi connectivity index (χ2n) is 6.40. The van der Waals surface area contributed by atoms with Gasteiger partial charge >= 0.3 is 0 Å². The third kappa shape index (κ3) is 3.03. The highest BCUT2D eigenvalue weighted by atomic mass is 15.3. The van der Waals surface area contributed by atoms with Crippen molar-refractivity contribution in [3.05, 3.63) is 0 Å². The minimum atomic E-state index is 0.965. The molecule has 17 heavy (non-hydrogen) atoms. The minimum absolute atomic E-state index is 0.965. The molecule has 0 spiro atoms. The summed E-state index contributed by atoms with van der Waals surface area (Å²) in [7, 11) is 0. The molecule has 0 atom stereocenters. The van der Waals surface area contributed by atoms with Crippen molar-refractivity contribution in [1.29, 1.82) is 0 Å². The molecule has 0 bridgehead atoms.